The Morgan fingerprint density at radius 2 is 1.86 bits per heavy atom. The van der Waals surface area contributed by atoms with Crippen LogP contribution in [-0.4, -0.2) is 11.4 Å². The topological polar surface area (TPSA) is 115 Å². The van der Waals surface area contributed by atoms with E-state index in [2.05, 4.69) is 20.1 Å². The number of hydrogen-bond acceptors (Lipinski definition) is 3. The molecule has 2 rings (SSSR count). The predicted molar refractivity (Wildman–Crippen MR) is 82.8 cm³/mol. The second kappa shape index (κ2) is 6.95. The van der Waals surface area contributed by atoms with Crippen molar-refractivity contribution in [3.63, 3.8) is 0 Å². The number of rotatable bonds is 5. The van der Waals surface area contributed by atoms with Crippen molar-refractivity contribution in [3.05, 3.63) is 92.7 Å². The average molecular weight is 292 g/mol. The molecule has 1 aromatic carbocycles. The molecule has 22 heavy (non-hydrogen) atoms. The van der Waals surface area contributed by atoms with Crippen LogP contribution in [0.1, 0.15) is 16.8 Å². The number of benzene rings is 1. The number of nitrogens with zero attached hydrogens (tertiary/aromatic N) is 6. The molecule has 0 unspecified atom stereocenters. The highest BCUT2D eigenvalue weighted by molar-refractivity contribution is 6.04. The minimum absolute atomic E-state index is 0.100. The molecule has 0 fully saturated rings. The summed E-state index contributed by atoms with van der Waals surface area (Å²) in [6.07, 6.45) is 8.32. The van der Waals surface area contributed by atoms with Crippen LogP contribution >= 0.6 is 0 Å². The summed E-state index contributed by atoms with van der Waals surface area (Å²) in [5.41, 5.74) is 17.2. The van der Waals surface area contributed by atoms with Crippen LogP contribution in [0.25, 0.3) is 20.9 Å². The first-order chi connectivity index (χ1) is 10.7. The molecule has 0 saturated carbocycles. The van der Waals surface area contributed by atoms with Crippen LogP contribution in [0.15, 0.2) is 76.5 Å². The summed E-state index contributed by atoms with van der Waals surface area (Å²) in [6.45, 7) is 0. The van der Waals surface area contributed by atoms with Gasteiger partial charge in [-0.15, -0.1) is 0 Å². The van der Waals surface area contributed by atoms with Crippen LogP contribution in [0.2, 0.25) is 0 Å². The maximum absolute atomic E-state index is 11.9. The van der Waals surface area contributed by atoms with Gasteiger partial charge in [0, 0.05) is 15.4 Å². The second-order valence-electron chi connectivity index (χ2n) is 4.56. The highest BCUT2D eigenvalue weighted by Gasteiger charge is 2.25. The largest absolute Gasteiger partial charge is 0.289 e. The molecule has 0 radical (unpaired) electrons. The molecule has 0 heterocycles. The molecule has 0 aliphatic heterocycles. The van der Waals surface area contributed by atoms with Gasteiger partial charge >= 0.3 is 0 Å². The van der Waals surface area contributed by atoms with Gasteiger partial charge in [-0.2, -0.15) is 0 Å². The van der Waals surface area contributed by atoms with E-state index in [-0.39, 0.29) is 12.2 Å². The van der Waals surface area contributed by atoms with Crippen molar-refractivity contribution in [3.8, 4) is 0 Å². The van der Waals surface area contributed by atoms with Crippen LogP contribution in [0.3, 0.4) is 0 Å². The van der Waals surface area contributed by atoms with E-state index >= 15 is 0 Å². The first-order valence-corrected chi connectivity index (χ1v) is 6.48. The summed E-state index contributed by atoms with van der Waals surface area (Å²) in [4.78, 5) is 17.3. The summed E-state index contributed by atoms with van der Waals surface area (Å²) in [6, 6.07) is 8.93. The maximum atomic E-state index is 11.9. The molecule has 0 atom stereocenters. The lowest BCUT2D eigenvalue weighted by molar-refractivity contribution is 0.104. The summed E-state index contributed by atoms with van der Waals surface area (Å²) in [5, 5.41) is 7.04. The van der Waals surface area contributed by atoms with Gasteiger partial charge < -0.3 is 0 Å². The number of carbonyl (C=O) groups is 1. The summed E-state index contributed by atoms with van der Waals surface area (Å²) >= 11 is 0. The van der Waals surface area contributed by atoms with Crippen LogP contribution in [0, 0.1) is 0 Å². The Bertz CT molecular complexity index is 731. The first-order valence-electron chi connectivity index (χ1n) is 6.48. The molecule has 7 heteroatoms. The van der Waals surface area contributed by atoms with Crippen LogP contribution in [-0.2, 0) is 0 Å². The van der Waals surface area contributed by atoms with E-state index in [9.17, 15) is 4.79 Å². The number of carbonyl (C=O) groups excluding carboxylic acids is 1. The lowest BCUT2D eigenvalue weighted by Gasteiger charge is -2.20. The molecular formula is C15H12N6O. The van der Waals surface area contributed by atoms with Gasteiger partial charge in [0.05, 0.1) is 0 Å². The fourth-order valence-electron chi connectivity index (χ4n) is 1.95. The van der Waals surface area contributed by atoms with Gasteiger partial charge in [0.15, 0.2) is 5.78 Å². The van der Waals surface area contributed by atoms with E-state index in [0.29, 0.717) is 5.56 Å². The van der Waals surface area contributed by atoms with Crippen molar-refractivity contribution < 1.29 is 4.79 Å². The third-order valence-electron chi connectivity index (χ3n) is 3.10. The molecule has 0 bridgehead atoms. The van der Waals surface area contributed by atoms with Crippen LogP contribution in [0.5, 0.6) is 0 Å². The Morgan fingerprint density at radius 3 is 2.41 bits per heavy atom. The zero-order chi connectivity index (χ0) is 15.8. The molecule has 0 spiro atoms. The van der Waals surface area contributed by atoms with Crippen LogP contribution < -0.4 is 0 Å². The van der Waals surface area contributed by atoms with Gasteiger partial charge in [-0.3, -0.25) is 4.79 Å². The highest BCUT2D eigenvalue weighted by Crippen LogP contribution is 2.27. The molecular weight excluding hydrogens is 280 g/mol. The quantitative estimate of drug-likeness (QED) is 0.254. The fraction of sp³-hybridized carbons (Fsp3) is 0.133. The third kappa shape index (κ3) is 3.64. The van der Waals surface area contributed by atoms with E-state index in [0.717, 1.165) is 5.57 Å². The molecule has 1 aliphatic rings. The zero-order valence-corrected chi connectivity index (χ0v) is 11.6. The highest BCUT2D eigenvalue weighted by atomic mass is 16.1. The molecule has 0 aromatic heterocycles. The minimum Gasteiger partial charge on any atom is -0.289 e. The molecule has 1 aliphatic carbocycles. The monoisotopic (exact) mass is 292 g/mol. The standard InChI is InChI=1S/C15H12N6O/c16-20-18-15(19-21-17)10-8-12(9-11-15)6-7-14(22)13-4-2-1-3-5-13/h1-10H,11H2. The van der Waals surface area contributed by atoms with Crippen molar-refractivity contribution in [2.75, 3.05) is 0 Å². The molecule has 0 N–H and O–H groups in total. The summed E-state index contributed by atoms with van der Waals surface area (Å²) < 4.78 is 0. The lowest BCUT2D eigenvalue weighted by atomic mass is 9.97. The zero-order valence-electron chi connectivity index (χ0n) is 11.6. The summed E-state index contributed by atoms with van der Waals surface area (Å²) in [7, 11) is 0. The predicted octanol–water partition coefficient (Wildman–Crippen LogP) is 4.63. The third-order valence-corrected chi connectivity index (χ3v) is 3.10. The van der Waals surface area contributed by atoms with Gasteiger partial charge in [0.25, 0.3) is 0 Å². The Labute approximate surface area is 126 Å². The summed E-state index contributed by atoms with van der Waals surface area (Å²) in [5.74, 6) is -0.100. The molecule has 1 aromatic rings. The van der Waals surface area contributed by atoms with Crippen molar-refractivity contribution in [1.29, 1.82) is 0 Å². The van der Waals surface area contributed by atoms with Crippen molar-refractivity contribution in [2.24, 2.45) is 10.2 Å². The van der Waals surface area contributed by atoms with E-state index in [4.69, 9.17) is 11.1 Å². The fourth-order valence-corrected chi connectivity index (χ4v) is 1.95. The van der Waals surface area contributed by atoms with E-state index in [1.165, 1.54) is 12.2 Å². The molecule has 7 nitrogen and oxygen atoms in total. The van der Waals surface area contributed by atoms with Gasteiger partial charge in [0.1, 0.15) is 5.66 Å². The smallest absolute Gasteiger partial charge is 0.185 e. The molecule has 0 saturated heterocycles. The Kier molecular flexibility index (Phi) is 4.78. The average Bonchev–Trinajstić information content (AvgIpc) is 2.55. The number of hydrogen-bond donors (Lipinski definition) is 0. The maximum Gasteiger partial charge on any atom is 0.185 e. The first kappa shape index (κ1) is 15.1. The lowest BCUT2D eigenvalue weighted by Crippen LogP contribution is -2.20. The Hall–Kier alpha value is -3.27. The van der Waals surface area contributed by atoms with E-state index in [1.54, 1.807) is 42.5 Å². The van der Waals surface area contributed by atoms with Gasteiger partial charge in [-0.1, -0.05) is 64.9 Å². The van der Waals surface area contributed by atoms with Crippen LogP contribution in [0.4, 0.5) is 0 Å². The Balaban J connectivity index is 2.11. The van der Waals surface area contributed by atoms with Crippen molar-refractivity contribution in [2.45, 2.75) is 12.1 Å². The molecule has 0 amide bonds. The number of allylic oxidation sites excluding steroid dienone is 4. The second-order valence-corrected chi connectivity index (χ2v) is 4.56. The number of ketones is 1. The number of azide groups is 1. The van der Waals surface area contributed by atoms with Crippen molar-refractivity contribution >= 4 is 5.78 Å². The Morgan fingerprint density at radius 1 is 1.18 bits per heavy atom. The van der Waals surface area contributed by atoms with Gasteiger partial charge in [0.2, 0.25) is 0 Å². The van der Waals surface area contributed by atoms with E-state index < -0.39 is 5.66 Å². The normalized spacial score (nSPS) is 19.9. The SMILES string of the molecule is [N-]=[N+]=NC1(N=[N+]=[N-])C=CC(C=CC(=O)c2ccccc2)=CC1. The minimum atomic E-state index is -1.25. The molecule has 108 valence electrons. The van der Waals surface area contributed by atoms with Gasteiger partial charge in [-0.25, -0.2) is 0 Å². The van der Waals surface area contributed by atoms with Crippen molar-refractivity contribution in [1.82, 2.24) is 0 Å². The van der Waals surface area contributed by atoms with Gasteiger partial charge in [-0.05, 0) is 29.1 Å². The van der Waals surface area contributed by atoms with E-state index in [1.807, 2.05) is 6.07 Å².